The van der Waals surface area contributed by atoms with Gasteiger partial charge in [0.2, 0.25) is 0 Å². The van der Waals surface area contributed by atoms with Crippen molar-refractivity contribution in [3.8, 4) is 5.75 Å². The molecule has 16 heavy (non-hydrogen) atoms. The minimum Gasteiger partial charge on any atom is -0.484 e. The number of halogens is 1. The zero-order valence-corrected chi connectivity index (χ0v) is 9.87. The van der Waals surface area contributed by atoms with Crippen molar-refractivity contribution in [2.75, 3.05) is 6.61 Å². The Morgan fingerprint density at radius 2 is 1.94 bits per heavy atom. The summed E-state index contributed by atoms with van der Waals surface area (Å²) in [5, 5.41) is 2.48. The number of rotatable bonds is 4. The summed E-state index contributed by atoms with van der Waals surface area (Å²) >= 11 is 5.66. The van der Waals surface area contributed by atoms with Gasteiger partial charge in [0.25, 0.3) is 13.5 Å². The molecule has 5 N–H and O–H groups in total. The lowest BCUT2D eigenvalue weighted by Crippen LogP contribution is -2.32. The molecule has 88 valence electrons. The standard InChI is InChI=1S/C8H11ClN3O3P/c9-6-1-3-7(4-2-6)15-5-8(13)12-16(10,11)14/h1-4H,5H2,(H5,10,11,12,13,14). The Bertz CT molecular complexity index is 417. The van der Waals surface area contributed by atoms with Gasteiger partial charge in [0, 0.05) is 5.02 Å². The number of nitrogens with one attached hydrogen (secondary N) is 1. The molecule has 0 aliphatic rings. The average Bonchev–Trinajstić information content (AvgIpc) is 2.14. The van der Waals surface area contributed by atoms with Crippen molar-refractivity contribution < 1.29 is 14.1 Å². The molecule has 8 heteroatoms. The number of carbonyl (C=O) groups excluding carboxylic acids is 1. The average molecular weight is 264 g/mol. The predicted octanol–water partition coefficient (Wildman–Crippen LogP) is 0.861. The maximum absolute atomic E-state index is 11.1. The van der Waals surface area contributed by atoms with Crippen LogP contribution in [0.1, 0.15) is 0 Å². The van der Waals surface area contributed by atoms with E-state index in [4.69, 9.17) is 27.3 Å². The van der Waals surface area contributed by atoms with E-state index in [0.29, 0.717) is 10.8 Å². The summed E-state index contributed by atoms with van der Waals surface area (Å²) in [5.74, 6) is -0.188. The molecule has 0 bridgehead atoms. The lowest BCUT2D eigenvalue weighted by Gasteiger charge is -2.09. The number of carbonyl (C=O) groups is 1. The molecule has 0 saturated heterocycles. The third-order valence-corrected chi connectivity index (χ3v) is 2.33. The van der Waals surface area contributed by atoms with Crippen molar-refractivity contribution >= 4 is 25.1 Å². The zero-order chi connectivity index (χ0) is 12.2. The Balaban J connectivity index is 2.43. The van der Waals surface area contributed by atoms with Crippen molar-refractivity contribution in [3.05, 3.63) is 29.3 Å². The number of nitrogens with two attached hydrogens (primary N) is 2. The number of hydrogen-bond acceptors (Lipinski definition) is 3. The van der Waals surface area contributed by atoms with Crippen LogP contribution in [0.15, 0.2) is 24.3 Å². The highest BCUT2D eigenvalue weighted by atomic mass is 35.5. The Labute approximate surface area is 97.4 Å². The van der Waals surface area contributed by atoms with Crippen molar-refractivity contribution in [2.45, 2.75) is 0 Å². The second kappa shape index (κ2) is 5.32. The molecule has 6 nitrogen and oxygen atoms in total. The quantitative estimate of drug-likeness (QED) is 0.698. The van der Waals surface area contributed by atoms with Crippen LogP contribution in [0.4, 0.5) is 0 Å². The molecule has 0 spiro atoms. The lowest BCUT2D eigenvalue weighted by atomic mass is 10.3. The molecule has 0 unspecified atom stereocenters. The largest absolute Gasteiger partial charge is 0.484 e. The highest BCUT2D eigenvalue weighted by molar-refractivity contribution is 7.57. The van der Waals surface area contributed by atoms with E-state index in [2.05, 4.69) is 0 Å². The fourth-order valence-corrected chi connectivity index (χ4v) is 1.49. The van der Waals surface area contributed by atoms with Gasteiger partial charge in [0.05, 0.1) is 0 Å². The molecule has 0 saturated carbocycles. The van der Waals surface area contributed by atoms with E-state index >= 15 is 0 Å². The van der Waals surface area contributed by atoms with Crippen LogP contribution in [-0.4, -0.2) is 12.5 Å². The summed E-state index contributed by atoms with van der Waals surface area (Å²) in [6, 6.07) is 6.43. The van der Waals surface area contributed by atoms with E-state index in [1.165, 1.54) is 0 Å². The van der Waals surface area contributed by atoms with Gasteiger partial charge < -0.3 is 4.74 Å². The Kier molecular flexibility index (Phi) is 4.32. The van der Waals surface area contributed by atoms with Gasteiger partial charge in [0.1, 0.15) is 5.75 Å². The molecular formula is C8H11ClN3O3P. The summed E-state index contributed by atoms with van der Waals surface area (Å²) in [6.07, 6.45) is 0. The summed E-state index contributed by atoms with van der Waals surface area (Å²) in [4.78, 5) is 11.1. The van der Waals surface area contributed by atoms with E-state index in [9.17, 15) is 9.36 Å². The number of hydrogen-bond donors (Lipinski definition) is 3. The summed E-state index contributed by atoms with van der Waals surface area (Å²) < 4.78 is 15.9. The van der Waals surface area contributed by atoms with Crippen LogP contribution in [0, 0.1) is 0 Å². The van der Waals surface area contributed by atoms with Gasteiger partial charge in [0.15, 0.2) is 6.61 Å². The van der Waals surface area contributed by atoms with Crippen LogP contribution in [-0.2, 0) is 9.36 Å². The van der Waals surface area contributed by atoms with Gasteiger partial charge in [-0.2, -0.15) is 0 Å². The van der Waals surface area contributed by atoms with Gasteiger partial charge >= 0.3 is 0 Å². The molecule has 0 heterocycles. The molecule has 1 aromatic rings. The fraction of sp³-hybridized carbons (Fsp3) is 0.125. The monoisotopic (exact) mass is 263 g/mol. The minimum absolute atomic E-state index is 0.319. The lowest BCUT2D eigenvalue weighted by molar-refractivity contribution is -0.121. The van der Waals surface area contributed by atoms with Crippen LogP contribution >= 0.6 is 19.2 Å². The summed E-state index contributed by atoms with van der Waals surface area (Å²) in [7, 11) is -3.55. The Hall–Kier alpha value is -1.07. The molecule has 1 amide bonds. The maximum atomic E-state index is 11.1. The SMILES string of the molecule is NP(N)(=O)NC(=O)COc1ccc(Cl)cc1. The summed E-state index contributed by atoms with van der Waals surface area (Å²) in [6.45, 7) is -0.319. The van der Waals surface area contributed by atoms with Gasteiger partial charge in [-0.1, -0.05) is 11.6 Å². The highest BCUT2D eigenvalue weighted by Gasteiger charge is 2.12. The molecule has 0 radical (unpaired) electrons. The van der Waals surface area contributed by atoms with Crippen LogP contribution < -0.4 is 20.8 Å². The molecular weight excluding hydrogens is 253 g/mol. The van der Waals surface area contributed by atoms with Gasteiger partial charge in [-0.3, -0.25) is 25.5 Å². The van der Waals surface area contributed by atoms with Crippen LogP contribution in [0.5, 0.6) is 5.75 Å². The van der Waals surface area contributed by atoms with Gasteiger partial charge in [-0.15, -0.1) is 0 Å². The first-order valence-electron chi connectivity index (χ1n) is 4.23. The van der Waals surface area contributed by atoms with Crippen molar-refractivity contribution in [2.24, 2.45) is 11.0 Å². The molecule has 0 aromatic heterocycles. The molecule has 1 aromatic carbocycles. The van der Waals surface area contributed by atoms with E-state index in [-0.39, 0.29) is 6.61 Å². The molecule has 0 aliphatic carbocycles. The van der Waals surface area contributed by atoms with Crippen molar-refractivity contribution in [3.63, 3.8) is 0 Å². The van der Waals surface area contributed by atoms with E-state index in [1.807, 2.05) is 5.09 Å². The van der Waals surface area contributed by atoms with Crippen LogP contribution in [0.2, 0.25) is 5.02 Å². The first kappa shape index (κ1) is 13.0. The van der Waals surface area contributed by atoms with E-state index < -0.39 is 13.5 Å². The van der Waals surface area contributed by atoms with Crippen LogP contribution in [0.25, 0.3) is 0 Å². The fourth-order valence-electron chi connectivity index (χ4n) is 0.907. The predicted molar refractivity (Wildman–Crippen MR) is 61.1 cm³/mol. The zero-order valence-electron chi connectivity index (χ0n) is 8.22. The molecule has 0 fully saturated rings. The Morgan fingerprint density at radius 1 is 1.38 bits per heavy atom. The number of amides is 1. The highest BCUT2D eigenvalue weighted by Crippen LogP contribution is 2.18. The Morgan fingerprint density at radius 3 is 2.44 bits per heavy atom. The van der Waals surface area contributed by atoms with Gasteiger partial charge in [-0.25, -0.2) is 0 Å². The number of benzene rings is 1. The summed E-state index contributed by atoms with van der Waals surface area (Å²) in [5.41, 5.74) is 9.91. The molecule has 1 rings (SSSR count). The van der Waals surface area contributed by atoms with Gasteiger partial charge in [-0.05, 0) is 24.3 Å². The van der Waals surface area contributed by atoms with Crippen molar-refractivity contribution in [1.29, 1.82) is 0 Å². The van der Waals surface area contributed by atoms with Crippen LogP contribution in [0.3, 0.4) is 0 Å². The first-order chi connectivity index (χ1) is 7.37. The third kappa shape index (κ3) is 5.14. The van der Waals surface area contributed by atoms with E-state index in [1.54, 1.807) is 24.3 Å². The second-order valence-corrected chi connectivity index (χ2v) is 5.07. The topological polar surface area (TPSA) is 107 Å². The molecule has 0 aliphatic heterocycles. The first-order valence-corrected chi connectivity index (χ1v) is 6.46. The number of ether oxygens (including phenoxy) is 1. The minimum atomic E-state index is -3.55. The normalized spacial score (nSPS) is 10.9. The van der Waals surface area contributed by atoms with E-state index in [0.717, 1.165) is 0 Å². The third-order valence-electron chi connectivity index (χ3n) is 1.48. The van der Waals surface area contributed by atoms with Crippen molar-refractivity contribution in [1.82, 2.24) is 5.09 Å². The second-order valence-electron chi connectivity index (χ2n) is 2.99. The maximum Gasteiger partial charge on any atom is 0.300 e. The smallest absolute Gasteiger partial charge is 0.300 e. The molecule has 0 atom stereocenters.